The summed E-state index contributed by atoms with van der Waals surface area (Å²) in [5, 5.41) is 0.795. The standard InChI is InChI=1S/C17H19BrO/c1-17(2,3)14-8-10-15(11-9-14)19-16-7-5-4-6-13(16)12-18/h4-11H,12H2,1-3H3. The van der Waals surface area contributed by atoms with Crippen molar-refractivity contribution in [3.8, 4) is 11.5 Å². The van der Waals surface area contributed by atoms with Gasteiger partial charge in [-0.2, -0.15) is 0 Å². The Bertz CT molecular complexity index is 538. The third-order valence-electron chi connectivity index (χ3n) is 3.06. The van der Waals surface area contributed by atoms with Gasteiger partial charge < -0.3 is 4.74 Å². The first-order valence-electron chi connectivity index (χ1n) is 6.43. The maximum Gasteiger partial charge on any atom is 0.131 e. The fraction of sp³-hybridized carbons (Fsp3) is 0.294. The molecule has 0 radical (unpaired) electrons. The minimum atomic E-state index is 0.173. The van der Waals surface area contributed by atoms with Gasteiger partial charge in [-0.3, -0.25) is 0 Å². The zero-order chi connectivity index (χ0) is 13.9. The van der Waals surface area contributed by atoms with E-state index in [2.05, 4.69) is 54.9 Å². The van der Waals surface area contributed by atoms with Gasteiger partial charge in [0.1, 0.15) is 11.5 Å². The number of rotatable bonds is 3. The summed E-state index contributed by atoms with van der Waals surface area (Å²) >= 11 is 3.48. The lowest BCUT2D eigenvalue weighted by atomic mass is 9.87. The van der Waals surface area contributed by atoms with Crippen molar-refractivity contribution in [2.24, 2.45) is 0 Å². The van der Waals surface area contributed by atoms with Crippen molar-refractivity contribution in [3.63, 3.8) is 0 Å². The highest BCUT2D eigenvalue weighted by atomic mass is 79.9. The quantitative estimate of drug-likeness (QED) is 0.662. The van der Waals surface area contributed by atoms with E-state index in [-0.39, 0.29) is 5.41 Å². The number of halogens is 1. The van der Waals surface area contributed by atoms with E-state index in [9.17, 15) is 0 Å². The van der Waals surface area contributed by atoms with Crippen LogP contribution in [0, 0.1) is 0 Å². The van der Waals surface area contributed by atoms with Gasteiger partial charge in [-0.1, -0.05) is 67.0 Å². The summed E-state index contributed by atoms with van der Waals surface area (Å²) in [6.45, 7) is 6.63. The van der Waals surface area contributed by atoms with Crippen molar-refractivity contribution in [2.45, 2.75) is 31.5 Å². The van der Waals surface area contributed by atoms with Crippen LogP contribution in [0.1, 0.15) is 31.9 Å². The van der Waals surface area contributed by atoms with Crippen LogP contribution in [0.15, 0.2) is 48.5 Å². The number of hydrogen-bond acceptors (Lipinski definition) is 1. The molecule has 2 aromatic rings. The number of benzene rings is 2. The van der Waals surface area contributed by atoms with E-state index < -0.39 is 0 Å². The van der Waals surface area contributed by atoms with Gasteiger partial charge in [-0.25, -0.2) is 0 Å². The zero-order valence-electron chi connectivity index (χ0n) is 11.6. The first-order valence-corrected chi connectivity index (χ1v) is 7.55. The minimum Gasteiger partial charge on any atom is -0.457 e. The second-order valence-corrected chi connectivity index (χ2v) is 6.18. The third kappa shape index (κ3) is 3.60. The number of ether oxygens (including phenoxy) is 1. The molecule has 2 heteroatoms. The van der Waals surface area contributed by atoms with Gasteiger partial charge in [0.25, 0.3) is 0 Å². The molecule has 0 amide bonds. The van der Waals surface area contributed by atoms with Crippen molar-refractivity contribution in [1.82, 2.24) is 0 Å². The molecule has 1 nitrogen and oxygen atoms in total. The van der Waals surface area contributed by atoms with Crippen LogP contribution in [0.3, 0.4) is 0 Å². The molecule has 0 saturated heterocycles. The molecule has 0 unspecified atom stereocenters. The molecule has 2 rings (SSSR count). The second kappa shape index (κ2) is 5.79. The van der Waals surface area contributed by atoms with E-state index in [0.29, 0.717) is 0 Å². The van der Waals surface area contributed by atoms with E-state index in [1.54, 1.807) is 0 Å². The Balaban J connectivity index is 2.20. The van der Waals surface area contributed by atoms with Gasteiger partial charge in [0.2, 0.25) is 0 Å². The van der Waals surface area contributed by atoms with Gasteiger partial charge in [-0.05, 0) is 29.2 Å². The molecule has 0 aliphatic rings. The Morgan fingerprint density at radius 1 is 0.947 bits per heavy atom. The van der Waals surface area contributed by atoms with Crippen molar-refractivity contribution in [1.29, 1.82) is 0 Å². The topological polar surface area (TPSA) is 9.23 Å². The molecule has 0 N–H and O–H groups in total. The molecule has 0 aliphatic heterocycles. The largest absolute Gasteiger partial charge is 0.457 e. The van der Waals surface area contributed by atoms with Crippen LogP contribution < -0.4 is 4.74 Å². The van der Waals surface area contributed by atoms with E-state index in [0.717, 1.165) is 22.4 Å². The first-order chi connectivity index (χ1) is 9.00. The molecular formula is C17H19BrO. The monoisotopic (exact) mass is 318 g/mol. The summed E-state index contributed by atoms with van der Waals surface area (Å²) in [5.41, 5.74) is 2.64. The molecule has 0 atom stereocenters. The Hall–Kier alpha value is -1.28. The van der Waals surface area contributed by atoms with Crippen LogP contribution in [-0.4, -0.2) is 0 Å². The van der Waals surface area contributed by atoms with Crippen LogP contribution in [0.2, 0.25) is 0 Å². The van der Waals surface area contributed by atoms with Crippen LogP contribution in [0.5, 0.6) is 11.5 Å². The lowest BCUT2D eigenvalue weighted by molar-refractivity contribution is 0.477. The number of para-hydroxylation sites is 1. The molecule has 0 aliphatic carbocycles. The second-order valence-electron chi connectivity index (χ2n) is 5.62. The van der Waals surface area contributed by atoms with E-state index in [4.69, 9.17) is 4.74 Å². The van der Waals surface area contributed by atoms with Crippen LogP contribution in [0.4, 0.5) is 0 Å². The zero-order valence-corrected chi connectivity index (χ0v) is 13.2. The van der Waals surface area contributed by atoms with Crippen LogP contribution in [0.25, 0.3) is 0 Å². The van der Waals surface area contributed by atoms with E-state index in [1.165, 1.54) is 5.56 Å². The molecular weight excluding hydrogens is 300 g/mol. The maximum absolute atomic E-state index is 5.94. The average molecular weight is 319 g/mol. The summed E-state index contributed by atoms with van der Waals surface area (Å²) in [7, 11) is 0. The summed E-state index contributed by atoms with van der Waals surface area (Å²) in [6, 6.07) is 16.4. The molecule has 0 aromatic heterocycles. The van der Waals surface area contributed by atoms with Crippen molar-refractivity contribution in [3.05, 3.63) is 59.7 Å². The lowest BCUT2D eigenvalue weighted by Crippen LogP contribution is -2.10. The van der Waals surface area contributed by atoms with E-state index >= 15 is 0 Å². The molecule has 2 aromatic carbocycles. The Morgan fingerprint density at radius 3 is 2.16 bits per heavy atom. The van der Waals surface area contributed by atoms with Gasteiger partial charge in [0.15, 0.2) is 0 Å². The van der Waals surface area contributed by atoms with Crippen LogP contribution >= 0.6 is 15.9 Å². The molecule has 0 bridgehead atoms. The fourth-order valence-corrected chi connectivity index (χ4v) is 2.33. The molecule has 100 valence electrons. The predicted octanol–water partition coefficient (Wildman–Crippen LogP) is 5.67. The minimum absolute atomic E-state index is 0.173. The summed E-state index contributed by atoms with van der Waals surface area (Å²) in [5.74, 6) is 1.78. The van der Waals surface area contributed by atoms with Gasteiger partial charge in [0.05, 0.1) is 0 Å². The van der Waals surface area contributed by atoms with Crippen molar-refractivity contribution >= 4 is 15.9 Å². The molecule has 0 fully saturated rings. The molecule has 0 spiro atoms. The predicted molar refractivity (Wildman–Crippen MR) is 84.3 cm³/mol. The van der Waals surface area contributed by atoms with Gasteiger partial charge in [-0.15, -0.1) is 0 Å². The number of hydrogen-bond donors (Lipinski definition) is 0. The van der Waals surface area contributed by atoms with Crippen LogP contribution in [-0.2, 0) is 10.7 Å². The summed E-state index contributed by atoms with van der Waals surface area (Å²) in [4.78, 5) is 0. The Labute approximate surface area is 123 Å². The first kappa shape index (κ1) is 14.1. The van der Waals surface area contributed by atoms with Gasteiger partial charge >= 0.3 is 0 Å². The smallest absolute Gasteiger partial charge is 0.131 e. The Morgan fingerprint density at radius 2 is 1.58 bits per heavy atom. The maximum atomic E-state index is 5.94. The Kier molecular flexibility index (Phi) is 4.31. The highest BCUT2D eigenvalue weighted by molar-refractivity contribution is 9.08. The molecule has 0 saturated carbocycles. The fourth-order valence-electron chi connectivity index (χ4n) is 1.86. The highest BCUT2D eigenvalue weighted by Gasteiger charge is 2.13. The lowest BCUT2D eigenvalue weighted by Gasteiger charge is -2.19. The third-order valence-corrected chi connectivity index (χ3v) is 3.67. The summed E-state index contributed by atoms with van der Waals surface area (Å²) < 4.78 is 5.94. The molecule has 19 heavy (non-hydrogen) atoms. The SMILES string of the molecule is CC(C)(C)c1ccc(Oc2ccccc2CBr)cc1. The van der Waals surface area contributed by atoms with E-state index in [1.807, 2.05) is 30.3 Å². The highest BCUT2D eigenvalue weighted by Crippen LogP contribution is 2.29. The summed E-state index contributed by atoms with van der Waals surface area (Å²) in [6.07, 6.45) is 0. The molecule has 0 heterocycles. The van der Waals surface area contributed by atoms with Crippen molar-refractivity contribution < 1.29 is 4.74 Å². The van der Waals surface area contributed by atoms with Crippen molar-refractivity contribution in [2.75, 3.05) is 0 Å². The normalized spacial score (nSPS) is 11.4. The number of alkyl halides is 1. The average Bonchev–Trinajstić information content (AvgIpc) is 2.39. The van der Waals surface area contributed by atoms with Gasteiger partial charge in [0, 0.05) is 10.9 Å².